The molecule has 20 heteroatoms. The first kappa shape index (κ1) is 50.9. The molecule has 0 saturated heterocycles. The van der Waals surface area contributed by atoms with Gasteiger partial charge in [-0.3, -0.25) is 24.0 Å². The van der Waals surface area contributed by atoms with Crippen molar-refractivity contribution in [3.63, 3.8) is 0 Å². The number of rotatable bonds is 23. The number of aryl methyl sites for hydroxylation is 2. The minimum absolute atomic E-state index is 0.00448. The van der Waals surface area contributed by atoms with Crippen LogP contribution in [-0.4, -0.2) is 113 Å². The van der Waals surface area contributed by atoms with E-state index in [1.54, 1.807) is 24.3 Å². The maximum Gasteiger partial charge on any atom is 0.310 e. The molecule has 0 radical (unpaired) electrons. The Kier molecular flexibility index (Phi) is 18.1. The van der Waals surface area contributed by atoms with E-state index < -0.39 is 29.8 Å². The van der Waals surface area contributed by atoms with E-state index >= 15 is 0 Å². The number of hydrogen-bond donors (Lipinski definition) is 2. The molecule has 0 atom stereocenters. The number of nitrogens with one attached hydrogen (secondary N) is 2. The molecule has 2 aliphatic rings. The molecule has 8 bridgehead atoms. The molecule has 67 heavy (non-hydrogen) atoms. The number of esters is 5. The van der Waals surface area contributed by atoms with Gasteiger partial charge in [0.2, 0.25) is 0 Å². The van der Waals surface area contributed by atoms with E-state index in [4.69, 9.17) is 63.0 Å². The van der Waals surface area contributed by atoms with Gasteiger partial charge in [-0.2, -0.15) is 9.78 Å². The number of allylic oxidation sites excluding steroid dienone is 2. The minimum atomic E-state index is -0.588. The number of carbonyl (C=O) groups is 5. The molecule has 20 nitrogen and oxygen atoms in total. The van der Waals surface area contributed by atoms with Crippen molar-refractivity contribution in [1.29, 1.82) is 0 Å². The zero-order chi connectivity index (χ0) is 48.8. The lowest BCUT2D eigenvalue weighted by atomic mass is 9.96. The predicted molar refractivity (Wildman–Crippen MR) is 240 cm³/mol. The van der Waals surface area contributed by atoms with Crippen LogP contribution in [0.2, 0.25) is 0 Å². The third kappa shape index (κ3) is 12.6. The molecule has 0 saturated carbocycles. The maximum atomic E-state index is 13.2. The van der Waals surface area contributed by atoms with Gasteiger partial charge in [0.05, 0.1) is 98.9 Å². The first-order valence-electron chi connectivity index (χ1n) is 20.7. The summed E-state index contributed by atoms with van der Waals surface area (Å²) in [5.41, 5.74) is 7.03. The van der Waals surface area contributed by atoms with Gasteiger partial charge in [0.15, 0.2) is 0 Å². The Morgan fingerprint density at radius 1 is 0.448 bits per heavy atom. The highest BCUT2D eigenvalue weighted by Crippen LogP contribution is 2.41. The molecule has 5 heterocycles. The van der Waals surface area contributed by atoms with Gasteiger partial charge in [-0.15, -0.1) is 0 Å². The molecule has 0 spiro atoms. The summed E-state index contributed by atoms with van der Waals surface area (Å²) in [5, 5.41) is 0. The summed E-state index contributed by atoms with van der Waals surface area (Å²) in [6.45, 7) is 7.90. The van der Waals surface area contributed by atoms with Crippen molar-refractivity contribution in [2.24, 2.45) is 0 Å². The summed E-state index contributed by atoms with van der Waals surface area (Å²) in [6.07, 6.45) is -0.661. The Labute approximate surface area is 385 Å². The summed E-state index contributed by atoms with van der Waals surface area (Å²) >= 11 is 0. The lowest BCUT2D eigenvalue weighted by molar-refractivity contribution is -0.261. The number of aromatic amines is 2. The Morgan fingerprint density at radius 3 is 1.27 bits per heavy atom. The zero-order valence-electron chi connectivity index (χ0n) is 38.7. The van der Waals surface area contributed by atoms with Crippen LogP contribution in [0.25, 0.3) is 44.4 Å². The third-order valence-electron chi connectivity index (χ3n) is 10.9. The van der Waals surface area contributed by atoms with Crippen molar-refractivity contribution in [2.75, 3.05) is 63.5 Å². The van der Waals surface area contributed by atoms with Gasteiger partial charge >= 0.3 is 29.8 Å². The molecule has 2 aliphatic heterocycles. The number of aromatic nitrogens is 4. The van der Waals surface area contributed by atoms with Crippen LogP contribution in [0, 0.1) is 0 Å². The molecule has 0 unspecified atom stereocenters. The summed E-state index contributed by atoms with van der Waals surface area (Å²) in [5.74, 6) is -2.39. The lowest BCUT2D eigenvalue weighted by Gasteiger charge is -2.11. The number of nitrogens with zero attached hydrogens (tertiary/aromatic N) is 2. The van der Waals surface area contributed by atoms with Crippen LogP contribution >= 0.6 is 0 Å². The van der Waals surface area contributed by atoms with Crippen LogP contribution in [0.5, 0.6) is 0 Å². The van der Waals surface area contributed by atoms with E-state index in [-0.39, 0.29) is 75.9 Å². The molecule has 2 N–H and O–H groups in total. The number of fused-ring (bicyclic) bond motifs is 8. The van der Waals surface area contributed by atoms with Gasteiger partial charge in [0, 0.05) is 53.3 Å². The molecule has 0 aromatic carbocycles. The fourth-order valence-electron chi connectivity index (χ4n) is 7.75. The van der Waals surface area contributed by atoms with E-state index in [2.05, 4.69) is 23.1 Å². The lowest BCUT2D eigenvalue weighted by Crippen LogP contribution is -2.08. The van der Waals surface area contributed by atoms with E-state index in [1.165, 1.54) is 56.9 Å². The molecule has 3 aromatic heterocycles. The highest BCUT2D eigenvalue weighted by molar-refractivity contribution is 6.01. The van der Waals surface area contributed by atoms with Crippen molar-refractivity contribution < 1.29 is 77.0 Å². The Bertz CT molecular complexity index is 2650. The van der Waals surface area contributed by atoms with Gasteiger partial charge in [0.1, 0.15) is 18.1 Å². The molecule has 3 aromatic rings. The number of ether oxygens (including phenoxy) is 5. The smallest absolute Gasteiger partial charge is 0.310 e. The first-order valence-corrected chi connectivity index (χ1v) is 20.7. The standard InChI is InChI=1S/C47H54N4O16/c1-25(66-63-9)15-29-33(19-47(56)61-7)41-21-36-27(11-13-43(52)57-3)31(17-45(54)59-5)39(48-36)20-35-28(12-14-44(53)58-4)32(18-46(55)60-6)40(49-35)22-38-30(16-26(2)67-64-10)34(24-65-62-8)42(51-38)23-37(29)50-41/h20-23,48-49H,1-2,11-19,24H2,3-10H3. The summed E-state index contributed by atoms with van der Waals surface area (Å²) in [7, 11) is 10.3. The second-order valence-corrected chi connectivity index (χ2v) is 14.8. The summed E-state index contributed by atoms with van der Waals surface area (Å²) in [4.78, 5) is 113. The van der Waals surface area contributed by atoms with Crippen molar-refractivity contribution in [2.45, 2.75) is 57.8 Å². The largest absolute Gasteiger partial charge is 0.469 e. The average Bonchev–Trinajstić information content (AvgIpc) is 4.00. The highest BCUT2D eigenvalue weighted by atomic mass is 17.2. The highest BCUT2D eigenvalue weighted by Gasteiger charge is 2.29. The van der Waals surface area contributed by atoms with E-state index in [1.807, 2.05) is 0 Å². The van der Waals surface area contributed by atoms with Crippen LogP contribution in [-0.2, 0) is 103 Å². The molecule has 5 rings (SSSR count). The quantitative estimate of drug-likeness (QED) is 0.0370. The first-order chi connectivity index (χ1) is 32.2. The Hall–Kier alpha value is -7.13. The SMILES string of the molecule is C=C(CC1=C(COOC)c2cc3nc(cc4[nH]c(cc5[nH]c(cc1n2)c(CC(=O)OC)c5CCC(=O)OC)c(CC(=O)OC)c4CCC(=O)OC)C(CC(=O)OC)=C3CC(=C)OOC)OOC. The summed E-state index contributed by atoms with van der Waals surface area (Å²) in [6, 6.07) is 6.84. The van der Waals surface area contributed by atoms with Crippen LogP contribution < -0.4 is 0 Å². The number of hydrogen-bond acceptors (Lipinski definition) is 18. The maximum absolute atomic E-state index is 13.2. The van der Waals surface area contributed by atoms with Crippen LogP contribution in [0.15, 0.2) is 48.9 Å². The second kappa shape index (κ2) is 23.9. The van der Waals surface area contributed by atoms with Crippen LogP contribution in [0.3, 0.4) is 0 Å². The van der Waals surface area contributed by atoms with E-state index in [0.29, 0.717) is 89.4 Å². The zero-order valence-corrected chi connectivity index (χ0v) is 38.7. The van der Waals surface area contributed by atoms with Gasteiger partial charge in [-0.05, 0) is 76.1 Å². The number of carbonyl (C=O) groups excluding carboxylic acids is 5. The van der Waals surface area contributed by atoms with Gasteiger partial charge < -0.3 is 43.4 Å². The van der Waals surface area contributed by atoms with Gasteiger partial charge in [-0.1, -0.05) is 13.2 Å². The Morgan fingerprint density at radius 2 is 0.821 bits per heavy atom. The van der Waals surface area contributed by atoms with Crippen molar-refractivity contribution in [3.8, 4) is 0 Å². The minimum Gasteiger partial charge on any atom is -0.469 e. The number of methoxy groups -OCH3 is 5. The topological polar surface area (TPSA) is 244 Å². The van der Waals surface area contributed by atoms with Crippen molar-refractivity contribution >= 4 is 74.2 Å². The molecule has 0 amide bonds. The van der Waals surface area contributed by atoms with Crippen LogP contribution in [0.1, 0.15) is 77.1 Å². The van der Waals surface area contributed by atoms with Crippen LogP contribution in [0.4, 0.5) is 0 Å². The molecular formula is C47H54N4O16. The fraction of sp³-hybridized carbons (Fsp3) is 0.383. The average molecular weight is 931 g/mol. The Balaban J connectivity index is 2.11. The van der Waals surface area contributed by atoms with E-state index in [9.17, 15) is 24.0 Å². The predicted octanol–water partition coefficient (Wildman–Crippen LogP) is 5.88. The summed E-state index contributed by atoms with van der Waals surface area (Å²) < 4.78 is 25.5. The molecular weight excluding hydrogens is 877 g/mol. The monoisotopic (exact) mass is 930 g/mol. The van der Waals surface area contributed by atoms with E-state index in [0.717, 1.165) is 0 Å². The third-order valence-corrected chi connectivity index (χ3v) is 10.9. The number of H-pyrrole nitrogens is 2. The molecule has 358 valence electrons. The fourth-order valence-corrected chi connectivity index (χ4v) is 7.75. The normalized spacial score (nSPS) is 12.1. The van der Waals surface area contributed by atoms with Gasteiger partial charge in [0.25, 0.3) is 0 Å². The molecule has 0 aliphatic carbocycles. The second-order valence-electron chi connectivity index (χ2n) is 14.8. The molecule has 0 fully saturated rings. The van der Waals surface area contributed by atoms with Gasteiger partial charge in [-0.25, -0.2) is 19.7 Å². The van der Waals surface area contributed by atoms with Crippen molar-refractivity contribution in [1.82, 2.24) is 19.9 Å². The van der Waals surface area contributed by atoms with Crippen molar-refractivity contribution in [3.05, 3.63) is 94.0 Å².